The number of carbonyl (C=O) groups excluding carboxylic acids is 2. The van der Waals surface area contributed by atoms with Crippen LogP contribution in [0.5, 0.6) is 0 Å². The van der Waals surface area contributed by atoms with Crippen LogP contribution in [0.15, 0.2) is 24.3 Å². The van der Waals surface area contributed by atoms with Crippen molar-refractivity contribution >= 4 is 11.9 Å². The lowest BCUT2D eigenvalue weighted by atomic mass is 9.94. The van der Waals surface area contributed by atoms with Crippen LogP contribution in [0.1, 0.15) is 23.6 Å². The van der Waals surface area contributed by atoms with E-state index in [9.17, 15) is 9.59 Å². The van der Waals surface area contributed by atoms with Crippen molar-refractivity contribution in [2.24, 2.45) is 0 Å². The molecule has 0 aliphatic carbocycles. The Morgan fingerprint density at radius 2 is 2.21 bits per heavy atom. The van der Waals surface area contributed by atoms with E-state index < -0.39 is 0 Å². The Morgan fingerprint density at radius 1 is 1.42 bits per heavy atom. The molecule has 5 nitrogen and oxygen atoms in total. The minimum absolute atomic E-state index is 0.101. The zero-order valence-electron chi connectivity index (χ0n) is 10.9. The van der Waals surface area contributed by atoms with Crippen LogP contribution in [0.2, 0.25) is 0 Å². The summed E-state index contributed by atoms with van der Waals surface area (Å²) < 4.78 is 4.53. The second-order valence-electron chi connectivity index (χ2n) is 4.45. The molecule has 0 spiro atoms. The Labute approximate surface area is 112 Å². The van der Waals surface area contributed by atoms with Crippen molar-refractivity contribution in [1.82, 2.24) is 10.6 Å². The fourth-order valence-electron chi connectivity index (χ4n) is 2.23. The van der Waals surface area contributed by atoms with Crippen LogP contribution in [0.25, 0.3) is 0 Å². The Morgan fingerprint density at radius 3 is 3.00 bits per heavy atom. The number of methoxy groups -OCH3 is 1. The summed E-state index contributed by atoms with van der Waals surface area (Å²) in [6.45, 7) is 1.08. The standard InChI is InChI=1S/C14H18N2O3/c1-19-12(17)7-9-16-14(18)13-11-5-3-2-4-10(11)6-8-15-13/h2-5,13,15H,6-9H2,1H3,(H,16,18). The van der Waals surface area contributed by atoms with Gasteiger partial charge in [0.2, 0.25) is 5.91 Å². The first-order valence-electron chi connectivity index (χ1n) is 6.38. The Kier molecular flexibility index (Phi) is 4.52. The number of benzene rings is 1. The number of amides is 1. The molecule has 1 aromatic carbocycles. The molecule has 2 rings (SSSR count). The van der Waals surface area contributed by atoms with Gasteiger partial charge in [0.1, 0.15) is 6.04 Å². The fourth-order valence-corrected chi connectivity index (χ4v) is 2.23. The summed E-state index contributed by atoms with van der Waals surface area (Å²) in [5.74, 6) is -0.423. The van der Waals surface area contributed by atoms with E-state index in [1.165, 1.54) is 12.7 Å². The van der Waals surface area contributed by atoms with E-state index in [1.807, 2.05) is 24.3 Å². The van der Waals surface area contributed by atoms with Gasteiger partial charge in [-0.25, -0.2) is 0 Å². The van der Waals surface area contributed by atoms with Crippen LogP contribution in [-0.4, -0.2) is 32.1 Å². The molecule has 1 amide bonds. The van der Waals surface area contributed by atoms with Crippen molar-refractivity contribution in [3.8, 4) is 0 Å². The van der Waals surface area contributed by atoms with Crippen molar-refractivity contribution < 1.29 is 14.3 Å². The van der Waals surface area contributed by atoms with Gasteiger partial charge in [-0.2, -0.15) is 0 Å². The minimum Gasteiger partial charge on any atom is -0.469 e. The smallest absolute Gasteiger partial charge is 0.307 e. The third-order valence-electron chi connectivity index (χ3n) is 3.23. The van der Waals surface area contributed by atoms with Gasteiger partial charge in [0.25, 0.3) is 0 Å². The first-order valence-corrected chi connectivity index (χ1v) is 6.38. The molecule has 1 aliphatic rings. The number of rotatable bonds is 4. The van der Waals surface area contributed by atoms with E-state index in [4.69, 9.17) is 0 Å². The largest absolute Gasteiger partial charge is 0.469 e. The average molecular weight is 262 g/mol. The molecule has 0 fully saturated rings. The van der Waals surface area contributed by atoms with Gasteiger partial charge in [-0.05, 0) is 17.5 Å². The molecule has 2 N–H and O–H groups in total. The number of carbonyl (C=O) groups is 2. The third kappa shape index (κ3) is 3.32. The second-order valence-corrected chi connectivity index (χ2v) is 4.45. The van der Waals surface area contributed by atoms with Crippen LogP contribution in [0.4, 0.5) is 0 Å². The van der Waals surface area contributed by atoms with Gasteiger partial charge in [0.15, 0.2) is 0 Å². The predicted molar refractivity (Wildman–Crippen MR) is 70.5 cm³/mol. The van der Waals surface area contributed by atoms with Crippen molar-refractivity contribution in [3.63, 3.8) is 0 Å². The van der Waals surface area contributed by atoms with Crippen LogP contribution in [-0.2, 0) is 20.7 Å². The van der Waals surface area contributed by atoms with Gasteiger partial charge in [0.05, 0.1) is 13.5 Å². The van der Waals surface area contributed by atoms with Crippen LogP contribution >= 0.6 is 0 Å². The topological polar surface area (TPSA) is 67.4 Å². The van der Waals surface area contributed by atoms with Crippen LogP contribution in [0, 0.1) is 0 Å². The molecule has 19 heavy (non-hydrogen) atoms. The van der Waals surface area contributed by atoms with Gasteiger partial charge in [-0.15, -0.1) is 0 Å². The highest BCUT2D eigenvalue weighted by Gasteiger charge is 2.25. The molecule has 0 radical (unpaired) electrons. The molecule has 102 valence electrons. The average Bonchev–Trinajstić information content (AvgIpc) is 2.46. The minimum atomic E-state index is -0.331. The summed E-state index contributed by atoms with van der Waals surface area (Å²) in [6, 6.07) is 7.59. The SMILES string of the molecule is COC(=O)CCNC(=O)C1NCCc2ccccc21. The molecule has 1 aromatic rings. The zero-order valence-corrected chi connectivity index (χ0v) is 10.9. The fraction of sp³-hybridized carbons (Fsp3) is 0.429. The number of nitrogens with one attached hydrogen (secondary N) is 2. The van der Waals surface area contributed by atoms with Crippen molar-refractivity contribution in [1.29, 1.82) is 0 Å². The van der Waals surface area contributed by atoms with Crippen molar-refractivity contribution in [2.75, 3.05) is 20.2 Å². The maximum atomic E-state index is 12.1. The second kappa shape index (κ2) is 6.33. The summed E-state index contributed by atoms with van der Waals surface area (Å²) in [6.07, 6.45) is 1.12. The van der Waals surface area contributed by atoms with Gasteiger partial charge < -0.3 is 15.4 Å². The molecule has 1 unspecified atom stereocenters. The normalized spacial score (nSPS) is 17.4. The van der Waals surface area contributed by atoms with Crippen molar-refractivity contribution in [2.45, 2.75) is 18.9 Å². The maximum Gasteiger partial charge on any atom is 0.307 e. The summed E-state index contributed by atoms with van der Waals surface area (Å²) in [7, 11) is 1.34. The quantitative estimate of drug-likeness (QED) is 0.778. The van der Waals surface area contributed by atoms with Gasteiger partial charge in [-0.3, -0.25) is 9.59 Å². The highest BCUT2D eigenvalue weighted by atomic mass is 16.5. The van der Waals surface area contributed by atoms with Crippen LogP contribution in [0.3, 0.4) is 0 Å². The van der Waals surface area contributed by atoms with E-state index in [0.717, 1.165) is 18.5 Å². The lowest BCUT2D eigenvalue weighted by Gasteiger charge is -2.25. The highest BCUT2D eigenvalue weighted by Crippen LogP contribution is 2.22. The molecule has 0 aromatic heterocycles. The Balaban J connectivity index is 1.95. The molecule has 1 aliphatic heterocycles. The van der Waals surface area contributed by atoms with Gasteiger partial charge in [-0.1, -0.05) is 24.3 Å². The monoisotopic (exact) mass is 262 g/mol. The Bertz CT molecular complexity index is 474. The molecule has 5 heteroatoms. The molecular formula is C14H18N2O3. The van der Waals surface area contributed by atoms with E-state index in [-0.39, 0.29) is 24.3 Å². The zero-order chi connectivity index (χ0) is 13.7. The van der Waals surface area contributed by atoms with Crippen LogP contribution < -0.4 is 10.6 Å². The Hall–Kier alpha value is -1.88. The van der Waals surface area contributed by atoms with E-state index >= 15 is 0 Å². The van der Waals surface area contributed by atoms with E-state index in [1.54, 1.807) is 0 Å². The van der Waals surface area contributed by atoms with Crippen molar-refractivity contribution in [3.05, 3.63) is 35.4 Å². The summed E-state index contributed by atoms with van der Waals surface area (Å²) in [5.41, 5.74) is 2.22. The van der Waals surface area contributed by atoms with E-state index in [2.05, 4.69) is 15.4 Å². The number of hydrogen-bond donors (Lipinski definition) is 2. The first kappa shape index (κ1) is 13.5. The van der Waals surface area contributed by atoms with Gasteiger partial charge >= 0.3 is 5.97 Å². The lowest BCUT2D eigenvalue weighted by Crippen LogP contribution is -2.42. The number of fused-ring (bicyclic) bond motifs is 1. The lowest BCUT2D eigenvalue weighted by molar-refractivity contribution is -0.140. The molecule has 0 bridgehead atoms. The first-order chi connectivity index (χ1) is 9.22. The molecule has 0 saturated heterocycles. The molecular weight excluding hydrogens is 244 g/mol. The van der Waals surface area contributed by atoms with E-state index in [0.29, 0.717) is 6.54 Å². The summed E-state index contributed by atoms with van der Waals surface area (Å²) >= 11 is 0. The summed E-state index contributed by atoms with van der Waals surface area (Å²) in [4.78, 5) is 23.1. The predicted octanol–water partition coefficient (Wildman–Crippen LogP) is 0.553. The number of esters is 1. The maximum absolute atomic E-state index is 12.1. The molecule has 1 atom stereocenters. The van der Waals surface area contributed by atoms with Gasteiger partial charge in [0, 0.05) is 13.1 Å². The summed E-state index contributed by atoms with van der Waals surface area (Å²) in [5, 5.41) is 5.96. The molecule has 1 heterocycles. The highest BCUT2D eigenvalue weighted by molar-refractivity contribution is 5.84. The third-order valence-corrected chi connectivity index (χ3v) is 3.23. The number of hydrogen-bond acceptors (Lipinski definition) is 4. The molecule has 0 saturated carbocycles. The number of ether oxygens (including phenoxy) is 1.